The fourth-order valence-electron chi connectivity index (χ4n) is 2.18. The second-order valence-electron chi connectivity index (χ2n) is 4.58. The second kappa shape index (κ2) is 6.36. The minimum absolute atomic E-state index is 0.194. The van der Waals surface area contributed by atoms with Crippen molar-refractivity contribution in [1.82, 2.24) is 0 Å². The van der Waals surface area contributed by atoms with Crippen molar-refractivity contribution in [2.45, 2.75) is 6.10 Å². The summed E-state index contributed by atoms with van der Waals surface area (Å²) in [5.41, 5.74) is 5.85. The predicted octanol–water partition coefficient (Wildman–Crippen LogP) is 5.40. The van der Waals surface area contributed by atoms with Gasteiger partial charge in [-0.25, -0.2) is 0 Å². The summed E-state index contributed by atoms with van der Waals surface area (Å²) in [6, 6.07) is 16.0. The molecule has 3 rings (SSSR count). The van der Waals surface area contributed by atoms with Gasteiger partial charge in [0.05, 0.1) is 8.81 Å². The van der Waals surface area contributed by atoms with E-state index in [0.29, 0.717) is 6.54 Å². The number of fused-ring (bicyclic) bond motifs is 1. The number of halogens is 2. The van der Waals surface area contributed by atoms with Gasteiger partial charge in [-0.15, -0.1) is 11.3 Å². The van der Waals surface area contributed by atoms with Crippen LogP contribution in [0.4, 0.5) is 0 Å². The molecule has 2 nitrogen and oxygen atoms in total. The smallest absolute Gasteiger partial charge is 0.145 e. The molecule has 1 aromatic heterocycles. The van der Waals surface area contributed by atoms with Crippen molar-refractivity contribution in [3.05, 3.63) is 62.2 Å². The van der Waals surface area contributed by atoms with Crippen molar-refractivity contribution in [2.24, 2.45) is 5.73 Å². The first kappa shape index (κ1) is 14.9. The quantitative estimate of drug-likeness (QED) is 0.656. The summed E-state index contributed by atoms with van der Waals surface area (Å²) in [6.07, 6.45) is -0.194. The van der Waals surface area contributed by atoms with Gasteiger partial charge < -0.3 is 10.5 Å². The summed E-state index contributed by atoms with van der Waals surface area (Å²) in [5, 5.41) is 2.29. The first-order chi connectivity index (χ1) is 10.2. The Kier molecular flexibility index (Phi) is 4.50. The molecule has 0 saturated carbocycles. The normalized spacial score (nSPS) is 12.5. The molecule has 0 radical (unpaired) electrons. The van der Waals surface area contributed by atoms with Crippen LogP contribution in [0, 0.1) is 0 Å². The van der Waals surface area contributed by atoms with Crippen LogP contribution < -0.4 is 10.5 Å². The molecule has 21 heavy (non-hydrogen) atoms. The summed E-state index contributed by atoms with van der Waals surface area (Å²) in [6.45, 7) is 0.399. The number of ether oxygens (including phenoxy) is 1. The van der Waals surface area contributed by atoms with Gasteiger partial charge in [0.25, 0.3) is 0 Å². The number of hydrogen-bond donors (Lipinski definition) is 1. The monoisotopic (exact) mass is 381 g/mol. The third-order valence-electron chi connectivity index (χ3n) is 3.22. The van der Waals surface area contributed by atoms with E-state index in [-0.39, 0.29) is 6.10 Å². The zero-order chi connectivity index (χ0) is 14.8. The van der Waals surface area contributed by atoms with E-state index in [9.17, 15) is 0 Å². The van der Waals surface area contributed by atoms with Crippen molar-refractivity contribution in [3.8, 4) is 5.75 Å². The molecule has 0 saturated heterocycles. The van der Waals surface area contributed by atoms with Crippen LogP contribution in [0.5, 0.6) is 5.75 Å². The highest BCUT2D eigenvalue weighted by molar-refractivity contribution is 9.10. The number of nitrogens with two attached hydrogens (primary N) is 1. The highest BCUT2D eigenvalue weighted by atomic mass is 79.9. The van der Waals surface area contributed by atoms with Crippen LogP contribution in [0.15, 0.2) is 53.0 Å². The second-order valence-corrected chi connectivity index (χ2v) is 7.12. The summed E-state index contributed by atoms with van der Waals surface area (Å²) < 4.78 is 7.77. The Morgan fingerprint density at radius 2 is 1.95 bits per heavy atom. The highest BCUT2D eigenvalue weighted by Gasteiger charge is 2.16. The van der Waals surface area contributed by atoms with Crippen LogP contribution in [-0.2, 0) is 0 Å². The van der Waals surface area contributed by atoms with Crippen LogP contribution in [0.1, 0.15) is 11.0 Å². The van der Waals surface area contributed by atoms with Gasteiger partial charge >= 0.3 is 0 Å². The van der Waals surface area contributed by atoms with Gasteiger partial charge in [-0.3, -0.25) is 0 Å². The largest absolute Gasteiger partial charge is 0.482 e. The molecule has 2 aromatic carbocycles. The Labute approximate surface area is 140 Å². The molecule has 2 N–H and O–H groups in total. The minimum Gasteiger partial charge on any atom is -0.482 e. The topological polar surface area (TPSA) is 35.2 Å². The fraction of sp³-hybridized carbons (Fsp3) is 0.125. The van der Waals surface area contributed by atoms with E-state index in [1.807, 2.05) is 36.4 Å². The SMILES string of the molecule is NCC(Oc1ccc2ccccc2c1Br)c1ccc(Cl)s1. The third kappa shape index (κ3) is 3.09. The van der Waals surface area contributed by atoms with Gasteiger partial charge in [0.15, 0.2) is 0 Å². The molecule has 0 aliphatic rings. The first-order valence-corrected chi connectivity index (χ1v) is 8.47. The molecule has 0 spiro atoms. The van der Waals surface area contributed by atoms with Gasteiger partial charge in [0.2, 0.25) is 0 Å². The standard InChI is InChI=1S/C16H13BrClNOS/c17-16-11-4-2-1-3-10(11)5-6-12(16)20-13(9-19)14-7-8-15(18)21-14/h1-8,13H,9,19H2. The molecule has 1 atom stereocenters. The van der Waals surface area contributed by atoms with E-state index in [4.69, 9.17) is 22.1 Å². The lowest BCUT2D eigenvalue weighted by atomic mass is 10.1. The highest BCUT2D eigenvalue weighted by Crippen LogP contribution is 2.36. The zero-order valence-corrected chi connectivity index (χ0v) is 14.2. The van der Waals surface area contributed by atoms with Gasteiger partial charge in [-0.05, 0) is 44.9 Å². The number of thiophene rings is 1. The van der Waals surface area contributed by atoms with Gasteiger partial charge in [0.1, 0.15) is 11.9 Å². The average Bonchev–Trinajstić information content (AvgIpc) is 2.93. The van der Waals surface area contributed by atoms with Crippen molar-refractivity contribution in [3.63, 3.8) is 0 Å². The molecular formula is C16H13BrClNOS. The van der Waals surface area contributed by atoms with Gasteiger partial charge in [-0.1, -0.05) is 41.9 Å². The van der Waals surface area contributed by atoms with Crippen molar-refractivity contribution < 1.29 is 4.74 Å². The van der Waals surface area contributed by atoms with E-state index < -0.39 is 0 Å². The summed E-state index contributed by atoms with van der Waals surface area (Å²) in [5.74, 6) is 0.786. The summed E-state index contributed by atoms with van der Waals surface area (Å²) in [7, 11) is 0. The Morgan fingerprint density at radius 3 is 2.67 bits per heavy atom. The molecule has 108 valence electrons. The Bertz CT molecular complexity index is 774. The molecule has 0 fully saturated rings. The lowest BCUT2D eigenvalue weighted by Crippen LogP contribution is -2.17. The Hall–Kier alpha value is -1.07. The Morgan fingerprint density at radius 1 is 1.14 bits per heavy atom. The van der Waals surface area contributed by atoms with Crippen LogP contribution in [0.3, 0.4) is 0 Å². The van der Waals surface area contributed by atoms with E-state index in [1.165, 1.54) is 16.7 Å². The summed E-state index contributed by atoms with van der Waals surface area (Å²) >= 11 is 11.1. The minimum atomic E-state index is -0.194. The maximum absolute atomic E-state index is 6.08. The van der Waals surface area contributed by atoms with Crippen molar-refractivity contribution in [2.75, 3.05) is 6.54 Å². The molecule has 0 amide bonds. The van der Waals surface area contributed by atoms with Crippen LogP contribution in [0.2, 0.25) is 4.34 Å². The zero-order valence-electron chi connectivity index (χ0n) is 11.1. The van der Waals surface area contributed by atoms with Gasteiger partial charge in [-0.2, -0.15) is 0 Å². The van der Waals surface area contributed by atoms with E-state index in [0.717, 1.165) is 24.8 Å². The summed E-state index contributed by atoms with van der Waals surface area (Å²) in [4.78, 5) is 1.03. The predicted molar refractivity (Wildman–Crippen MR) is 93.4 cm³/mol. The number of rotatable bonds is 4. The number of benzene rings is 2. The lowest BCUT2D eigenvalue weighted by molar-refractivity contribution is 0.217. The Balaban J connectivity index is 1.95. The van der Waals surface area contributed by atoms with Gasteiger partial charge in [0, 0.05) is 11.4 Å². The number of hydrogen-bond acceptors (Lipinski definition) is 3. The lowest BCUT2D eigenvalue weighted by Gasteiger charge is -2.18. The maximum Gasteiger partial charge on any atom is 0.145 e. The fourth-order valence-corrected chi connectivity index (χ4v) is 3.87. The molecule has 0 aliphatic carbocycles. The molecule has 1 unspecified atom stereocenters. The molecule has 1 heterocycles. The molecule has 0 aliphatic heterocycles. The first-order valence-electron chi connectivity index (χ1n) is 6.48. The molecule has 3 aromatic rings. The van der Waals surface area contributed by atoms with Crippen molar-refractivity contribution >= 4 is 49.6 Å². The van der Waals surface area contributed by atoms with E-state index in [2.05, 4.69) is 28.1 Å². The third-order valence-corrected chi connectivity index (χ3v) is 5.36. The van der Waals surface area contributed by atoms with Crippen LogP contribution >= 0.6 is 38.9 Å². The van der Waals surface area contributed by atoms with Crippen LogP contribution in [-0.4, -0.2) is 6.54 Å². The van der Waals surface area contributed by atoms with E-state index in [1.54, 1.807) is 0 Å². The van der Waals surface area contributed by atoms with E-state index >= 15 is 0 Å². The molecule has 0 bridgehead atoms. The molecular weight excluding hydrogens is 370 g/mol. The molecule has 5 heteroatoms. The maximum atomic E-state index is 6.08. The van der Waals surface area contributed by atoms with Crippen molar-refractivity contribution in [1.29, 1.82) is 0 Å². The van der Waals surface area contributed by atoms with Crippen LogP contribution in [0.25, 0.3) is 10.8 Å². The average molecular weight is 383 g/mol.